The molecule has 1 N–H and O–H groups in total. The summed E-state index contributed by atoms with van der Waals surface area (Å²) in [4.78, 5) is 6.91. The molecule has 1 saturated heterocycles. The number of pyridine rings is 1. The number of ether oxygens (including phenoxy) is 2. The van der Waals surface area contributed by atoms with Gasteiger partial charge in [0.1, 0.15) is 11.9 Å². The van der Waals surface area contributed by atoms with Gasteiger partial charge in [-0.2, -0.15) is 14.9 Å². The molecule has 0 spiro atoms. The van der Waals surface area contributed by atoms with Crippen LogP contribution in [0, 0.1) is 0 Å². The maximum atomic E-state index is 13.8. The van der Waals surface area contributed by atoms with Crippen LogP contribution in [-0.2, 0) is 15.9 Å². The van der Waals surface area contributed by atoms with Crippen LogP contribution in [0.15, 0.2) is 18.3 Å². The summed E-state index contributed by atoms with van der Waals surface area (Å²) in [5, 5.41) is 12.1. The number of alkyl halides is 2. The number of aromatic amines is 1. The van der Waals surface area contributed by atoms with E-state index >= 15 is 0 Å². The number of morpholine rings is 1. The fourth-order valence-electron chi connectivity index (χ4n) is 3.93. The highest BCUT2D eigenvalue weighted by Gasteiger charge is 2.33. The number of H-pyrrole nitrogens is 1. The number of anilines is 1. The first-order valence-electron chi connectivity index (χ1n) is 9.30. The van der Waals surface area contributed by atoms with Gasteiger partial charge < -0.3 is 14.4 Å². The Balaban J connectivity index is 1.76. The molecule has 5 rings (SSSR count). The summed E-state index contributed by atoms with van der Waals surface area (Å²) in [6, 6.07) is 3.59. The standard InChI is InChI=1S/C18H20F2N6O2/c1-10-9-27-7-5-25(10)14-8-11-15-12(3-6-28-16(11)17(19)20)24-26(18(15)22-14)13-2-4-21-23-13/h2,4,8,10,16-17H,3,5-7,9H2,1H3,(H,21,23)/t10-,16?/m1/s1. The Hall–Kier alpha value is -2.59. The van der Waals surface area contributed by atoms with E-state index in [0.717, 1.165) is 0 Å². The van der Waals surface area contributed by atoms with Gasteiger partial charge in [-0.3, -0.25) is 5.10 Å². The lowest BCUT2D eigenvalue weighted by Gasteiger charge is -2.34. The van der Waals surface area contributed by atoms with E-state index in [9.17, 15) is 8.78 Å². The number of aromatic nitrogens is 5. The van der Waals surface area contributed by atoms with Crippen molar-refractivity contribution < 1.29 is 18.3 Å². The van der Waals surface area contributed by atoms with Crippen LogP contribution in [0.25, 0.3) is 16.9 Å². The smallest absolute Gasteiger partial charge is 0.268 e. The van der Waals surface area contributed by atoms with Crippen LogP contribution >= 0.6 is 0 Å². The molecule has 0 aromatic carbocycles. The average Bonchev–Trinajstić information content (AvgIpc) is 3.28. The number of hydrogen-bond acceptors (Lipinski definition) is 6. The lowest BCUT2D eigenvalue weighted by Crippen LogP contribution is -2.44. The molecule has 3 aromatic rings. The lowest BCUT2D eigenvalue weighted by molar-refractivity contribution is -0.0548. The fourth-order valence-corrected chi connectivity index (χ4v) is 3.93. The third kappa shape index (κ3) is 2.75. The number of hydrogen-bond donors (Lipinski definition) is 1. The van der Waals surface area contributed by atoms with Crippen molar-refractivity contribution in [3.63, 3.8) is 0 Å². The van der Waals surface area contributed by atoms with Crippen LogP contribution in [0.3, 0.4) is 0 Å². The van der Waals surface area contributed by atoms with Gasteiger partial charge in [0, 0.05) is 30.0 Å². The molecule has 2 aliphatic rings. The van der Waals surface area contributed by atoms with Crippen molar-refractivity contribution in [2.45, 2.75) is 31.9 Å². The first-order chi connectivity index (χ1) is 13.6. The molecule has 10 heteroatoms. The number of halogens is 2. The zero-order chi connectivity index (χ0) is 19.3. The molecule has 0 radical (unpaired) electrons. The molecule has 5 heterocycles. The third-order valence-corrected chi connectivity index (χ3v) is 5.28. The highest BCUT2D eigenvalue weighted by atomic mass is 19.3. The molecule has 0 amide bonds. The predicted molar refractivity (Wildman–Crippen MR) is 97.0 cm³/mol. The first-order valence-corrected chi connectivity index (χ1v) is 9.30. The topological polar surface area (TPSA) is 81.1 Å². The molecule has 1 fully saturated rings. The van der Waals surface area contributed by atoms with E-state index in [0.29, 0.717) is 60.1 Å². The van der Waals surface area contributed by atoms with Gasteiger partial charge in [-0.15, -0.1) is 0 Å². The van der Waals surface area contributed by atoms with Crippen LogP contribution in [0.2, 0.25) is 0 Å². The van der Waals surface area contributed by atoms with E-state index in [1.165, 1.54) is 0 Å². The van der Waals surface area contributed by atoms with Gasteiger partial charge in [-0.1, -0.05) is 0 Å². The summed E-state index contributed by atoms with van der Waals surface area (Å²) in [5.74, 6) is 1.26. The van der Waals surface area contributed by atoms with Crippen molar-refractivity contribution in [1.29, 1.82) is 0 Å². The normalized spacial score (nSPS) is 22.8. The van der Waals surface area contributed by atoms with E-state index < -0.39 is 12.5 Å². The molecular weight excluding hydrogens is 370 g/mol. The molecule has 3 aromatic heterocycles. The second kappa shape index (κ2) is 6.78. The number of nitrogens with zero attached hydrogens (tertiary/aromatic N) is 5. The molecule has 8 nitrogen and oxygen atoms in total. The zero-order valence-corrected chi connectivity index (χ0v) is 15.3. The monoisotopic (exact) mass is 390 g/mol. The van der Waals surface area contributed by atoms with E-state index in [-0.39, 0.29) is 12.6 Å². The Bertz CT molecular complexity index is 990. The summed E-state index contributed by atoms with van der Waals surface area (Å²) in [5.41, 5.74) is 1.67. The van der Waals surface area contributed by atoms with Gasteiger partial charge in [-0.05, 0) is 13.0 Å². The highest BCUT2D eigenvalue weighted by Crippen LogP contribution is 2.38. The van der Waals surface area contributed by atoms with Gasteiger partial charge in [0.2, 0.25) is 0 Å². The van der Waals surface area contributed by atoms with Crippen molar-refractivity contribution in [3.05, 3.63) is 29.6 Å². The van der Waals surface area contributed by atoms with Gasteiger partial charge in [0.15, 0.2) is 11.5 Å². The average molecular weight is 390 g/mol. The minimum atomic E-state index is -2.64. The maximum Gasteiger partial charge on any atom is 0.268 e. The summed E-state index contributed by atoms with van der Waals surface area (Å²) >= 11 is 0. The molecule has 0 aliphatic carbocycles. The van der Waals surface area contributed by atoms with Crippen LogP contribution in [0.4, 0.5) is 14.6 Å². The Morgan fingerprint density at radius 3 is 2.96 bits per heavy atom. The van der Waals surface area contributed by atoms with Crippen molar-refractivity contribution in [2.75, 3.05) is 31.3 Å². The summed E-state index contributed by atoms with van der Waals surface area (Å²) in [7, 11) is 0. The molecule has 0 bridgehead atoms. The van der Waals surface area contributed by atoms with Gasteiger partial charge in [0.25, 0.3) is 6.43 Å². The summed E-state index contributed by atoms with van der Waals surface area (Å²) < 4.78 is 40.3. The first kappa shape index (κ1) is 17.5. The third-order valence-electron chi connectivity index (χ3n) is 5.28. The van der Waals surface area contributed by atoms with Crippen molar-refractivity contribution in [2.24, 2.45) is 0 Å². The fraction of sp³-hybridized carbons (Fsp3) is 0.500. The van der Waals surface area contributed by atoms with Crippen LogP contribution in [0.1, 0.15) is 24.3 Å². The van der Waals surface area contributed by atoms with Gasteiger partial charge in [0.05, 0.1) is 37.8 Å². The summed E-state index contributed by atoms with van der Waals surface area (Å²) in [6.45, 7) is 3.99. The quantitative estimate of drug-likeness (QED) is 0.739. The lowest BCUT2D eigenvalue weighted by atomic mass is 10.0. The largest absolute Gasteiger partial charge is 0.377 e. The zero-order valence-electron chi connectivity index (χ0n) is 15.3. The second-order valence-electron chi connectivity index (χ2n) is 7.06. The molecule has 148 valence electrons. The molecular formula is C18H20F2N6O2. The number of rotatable bonds is 3. The van der Waals surface area contributed by atoms with Crippen LogP contribution in [-0.4, -0.2) is 63.8 Å². The van der Waals surface area contributed by atoms with E-state index in [2.05, 4.69) is 20.2 Å². The SMILES string of the molecule is C[C@@H]1COCCN1c1cc2c3c(nn(-c4ccn[nH]4)c3n1)CCOC2C(F)F. The number of nitrogens with one attached hydrogen (secondary N) is 1. The molecule has 1 unspecified atom stereocenters. The van der Waals surface area contributed by atoms with Crippen LogP contribution < -0.4 is 4.90 Å². The predicted octanol–water partition coefficient (Wildman–Crippen LogP) is 2.25. The van der Waals surface area contributed by atoms with E-state index in [1.807, 2.05) is 6.92 Å². The Kier molecular flexibility index (Phi) is 4.24. The maximum absolute atomic E-state index is 13.8. The van der Waals surface area contributed by atoms with Crippen molar-refractivity contribution in [1.82, 2.24) is 25.0 Å². The van der Waals surface area contributed by atoms with Gasteiger partial charge >= 0.3 is 0 Å². The molecule has 2 atom stereocenters. The van der Waals surface area contributed by atoms with E-state index in [1.54, 1.807) is 23.0 Å². The Morgan fingerprint density at radius 2 is 2.21 bits per heavy atom. The summed E-state index contributed by atoms with van der Waals surface area (Å²) in [6.07, 6.45) is -1.87. The second-order valence-corrected chi connectivity index (χ2v) is 7.06. The van der Waals surface area contributed by atoms with Crippen molar-refractivity contribution in [3.8, 4) is 5.82 Å². The van der Waals surface area contributed by atoms with Crippen LogP contribution in [0.5, 0.6) is 0 Å². The Morgan fingerprint density at radius 1 is 1.32 bits per heavy atom. The molecule has 28 heavy (non-hydrogen) atoms. The Labute approximate surface area is 159 Å². The molecule has 0 saturated carbocycles. The van der Waals surface area contributed by atoms with Crippen molar-refractivity contribution >= 4 is 16.9 Å². The van der Waals surface area contributed by atoms with Gasteiger partial charge in [-0.25, -0.2) is 13.8 Å². The highest BCUT2D eigenvalue weighted by molar-refractivity contribution is 5.86. The minimum absolute atomic E-state index is 0.0885. The molecule has 2 aliphatic heterocycles. The minimum Gasteiger partial charge on any atom is -0.377 e. The van der Waals surface area contributed by atoms with E-state index in [4.69, 9.17) is 14.5 Å².